The van der Waals surface area contributed by atoms with Gasteiger partial charge in [-0.15, -0.1) is 0 Å². The van der Waals surface area contributed by atoms with Gasteiger partial charge in [0.1, 0.15) is 11.7 Å². The van der Waals surface area contributed by atoms with Crippen molar-refractivity contribution in [2.75, 3.05) is 19.0 Å². The lowest BCUT2D eigenvalue weighted by molar-refractivity contribution is -0.384. The van der Waals surface area contributed by atoms with Crippen molar-refractivity contribution in [1.82, 2.24) is 0 Å². The van der Waals surface area contributed by atoms with Crippen LogP contribution in [0.15, 0.2) is 18.2 Å². The van der Waals surface area contributed by atoms with Crippen LogP contribution in [-0.4, -0.2) is 35.8 Å². The van der Waals surface area contributed by atoms with Crippen molar-refractivity contribution in [3.63, 3.8) is 0 Å². The maximum atomic E-state index is 11.2. The molecule has 0 aliphatic rings. The second-order valence-electron chi connectivity index (χ2n) is 4.27. The molecule has 0 fully saturated rings. The summed E-state index contributed by atoms with van der Waals surface area (Å²) >= 11 is 0. The molecule has 0 saturated heterocycles. The Morgan fingerprint density at radius 1 is 1.62 bits per heavy atom. The van der Waals surface area contributed by atoms with E-state index in [2.05, 4.69) is 5.32 Å². The van der Waals surface area contributed by atoms with Gasteiger partial charge in [-0.25, -0.2) is 4.79 Å². The Morgan fingerprint density at radius 3 is 2.86 bits per heavy atom. The Kier molecular flexibility index (Phi) is 6.10. The number of methoxy groups -OCH3 is 1. The highest BCUT2D eigenvalue weighted by Gasteiger charge is 2.22. The number of nitrogens with zero attached hydrogens (tertiary/aromatic N) is 2. The van der Waals surface area contributed by atoms with Crippen molar-refractivity contribution in [1.29, 1.82) is 5.26 Å². The summed E-state index contributed by atoms with van der Waals surface area (Å²) < 4.78 is 4.85. The number of hydrogen-bond donors (Lipinski definition) is 2. The van der Waals surface area contributed by atoms with Gasteiger partial charge >= 0.3 is 5.97 Å². The van der Waals surface area contributed by atoms with E-state index in [1.807, 2.05) is 6.07 Å². The molecule has 0 aliphatic carbocycles. The highest BCUT2D eigenvalue weighted by Crippen LogP contribution is 2.26. The van der Waals surface area contributed by atoms with Crippen molar-refractivity contribution < 1.29 is 19.6 Å². The van der Waals surface area contributed by atoms with Gasteiger partial charge in [-0.05, 0) is 25.0 Å². The average molecular weight is 293 g/mol. The van der Waals surface area contributed by atoms with Gasteiger partial charge in [0.05, 0.1) is 16.6 Å². The summed E-state index contributed by atoms with van der Waals surface area (Å²) in [5.41, 5.74) is -0.0417. The third kappa shape index (κ3) is 4.74. The highest BCUT2D eigenvalue weighted by molar-refractivity contribution is 5.79. The van der Waals surface area contributed by atoms with Crippen molar-refractivity contribution >= 4 is 17.3 Å². The molecule has 1 aromatic carbocycles. The van der Waals surface area contributed by atoms with Gasteiger partial charge in [0.15, 0.2) is 0 Å². The third-order valence-electron chi connectivity index (χ3n) is 2.79. The number of carboxylic acid groups (broad SMARTS) is 1. The van der Waals surface area contributed by atoms with Crippen molar-refractivity contribution in [2.24, 2.45) is 0 Å². The van der Waals surface area contributed by atoms with E-state index in [-0.39, 0.29) is 23.4 Å². The first-order valence-electron chi connectivity index (χ1n) is 6.16. The molecule has 1 rings (SSSR count). The van der Waals surface area contributed by atoms with E-state index >= 15 is 0 Å². The molecule has 0 bridgehead atoms. The summed E-state index contributed by atoms with van der Waals surface area (Å²) in [6.45, 7) is 0.395. The Labute approximate surface area is 121 Å². The molecule has 0 saturated carbocycles. The molecule has 0 spiro atoms. The lowest BCUT2D eigenvalue weighted by Gasteiger charge is -2.15. The summed E-state index contributed by atoms with van der Waals surface area (Å²) in [6.07, 6.45) is 0.739. The zero-order valence-corrected chi connectivity index (χ0v) is 11.4. The largest absolute Gasteiger partial charge is 0.480 e. The molecule has 0 aliphatic heterocycles. The predicted molar refractivity (Wildman–Crippen MR) is 74.0 cm³/mol. The molecule has 8 heteroatoms. The number of anilines is 1. The molecule has 2 N–H and O–H groups in total. The molecule has 8 nitrogen and oxygen atoms in total. The minimum atomic E-state index is -1.12. The molecule has 1 unspecified atom stereocenters. The third-order valence-corrected chi connectivity index (χ3v) is 2.79. The summed E-state index contributed by atoms with van der Waals surface area (Å²) in [6, 6.07) is 4.62. The van der Waals surface area contributed by atoms with Crippen LogP contribution in [0.3, 0.4) is 0 Å². The van der Waals surface area contributed by atoms with Crippen LogP contribution in [0, 0.1) is 21.4 Å². The van der Waals surface area contributed by atoms with Gasteiger partial charge in [-0.3, -0.25) is 10.1 Å². The summed E-state index contributed by atoms with van der Waals surface area (Å²) in [4.78, 5) is 21.5. The second-order valence-corrected chi connectivity index (χ2v) is 4.27. The van der Waals surface area contributed by atoms with Crippen LogP contribution in [0.5, 0.6) is 0 Å². The number of nitro groups is 1. The number of ether oxygens (including phenoxy) is 1. The number of nitriles is 1. The van der Waals surface area contributed by atoms with E-state index in [4.69, 9.17) is 15.1 Å². The first-order valence-corrected chi connectivity index (χ1v) is 6.16. The maximum Gasteiger partial charge on any atom is 0.326 e. The molecule has 1 atom stereocenters. The number of rotatable bonds is 8. The Balaban J connectivity index is 2.98. The second kappa shape index (κ2) is 7.81. The molecule has 0 heterocycles. The van der Waals surface area contributed by atoms with Gasteiger partial charge < -0.3 is 15.2 Å². The fraction of sp³-hybridized carbons (Fsp3) is 0.385. The number of aliphatic carboxylic acids is 1. The minimum Gasteiger partial charge on any atom is -0.480 e. The van der Waals surface area contributed by atoms with E-state index < -0.39 is 16.9 Å². The Bertz CT molecular complexity index is 567. The summed E-state index contributed by atoms with van der Waals surface area (Å²) in [7, 11) is 1.50. The Hall–Kier alpha value is -2.66. The molecule has 0 amide bonds. The number of nitro benzene ring substituents is 1. The number of carboxylic acids is 1. The fourth-order valence-corrected chi connectivity index (χ4v) is 1.76. The van der Waals surface area contributed by atoms with Gasteiger partial charge in [0.2, 0.25) is 0 Å². The standard InChI is InChI=1S/C13H15N3O5/c1-21-6-2-3-10(13(17)18)15-11-7-9(8-14)4-5-12(11)16(19)20/h4-5,7,10,15H,2-3,6H2,1H3,(H,17,18). The molecule has 0 radical (unpaired) electrons. The van der Waals surface area contributed by atoms with E-state index in [1.165, 1.54) is 25.3 Å². The van der Waals surface area contributed by atoms with Gasteiger partial charge in [-0.1, -0.05) is 0 Å². The number of carbonyl (C=O) groups is 1. The van der Waals surface area contributed by atoms with Crippen LogP contribution >= 0.6 is 0 Å². The lowest BCUT2D eigenvalue weighted by Crippen LogP contribution is -2.29. The van der Waals surface area contributed by atoms with Gasteiger partial charge in [0, 0.05) is 19.8 Å². The zero-order chi connectivity index (χ0) is 15.8. The predicted octanol–water partition coefficient (Wildman–Crippen LogP) is 1.76. The molecule has 0 aromatic heterocycles. The molecular weight excluding hydrogens is 278 g/mol. The fourth-order valence-electron chi connectivity index (χ4n) is 1.76. The topological polar surface area (TPSA) is 125 Å². The zero-order valence-electron chi connectivity index (χ0n) is 11.4. The van der Waals surface area contributed by atoms with E-state index in [0.717, 1.165) is 0 Å². The smallest absolute Gasteiger partial charge is 0.326 e. The van der Waals surface area contributed by atoms with Crippen molar-refractivity contribution in [2.45, 2.75) is 18.9 Å². The normalized spacial score (nSPS) is 11.4. The van der Waals surface area contributed by atoms with Gasteiger partial charge in [-0.2, -0.15) is 5.26 Å². The summed E-state index contributed by atoms with van der Waals surface area (Å²) in [5.74, 6) is -1.12. The highest BCUT2D eigenvalue weighted by atomic mass is 16.6. The molecule has 112 valence electrons. The molecule has 1 aromatic rings. The van der Waals surface area contributed by atoms with Crippen LogP contribution in [0.2, 0.25) is 0 Å². The summed E-state index contributed by atoms with van der Waals surface area (Å²) in [5, 5.41) is 31.5. The molecular formula is C13H15N3O5. The average Bonchev–Trinajstić information content (AvgIpc) is 2.45. The number of hydrogen-bond acceptors (Lipinski definition) is 6. The number of nitrogens with one attached hydrogen (secondary N) is 1. The van der Waals surface area contributed by atoms with E-state index in [1.54, 1.807) is 0 Å². The van der Waals surface area contributed by atoms with Gasteiger partial charge in [0.25, 0.3) is 5.69 Å². The van der Waals surface area contributed by atoms with Crippen LogP contribution in [0.1, 0.15) is 18.4 Å². The van der Waals surface area contributed by atoms with E-state index in [9.17, 15) is 14.9 Å². The maximum absolute atomic E-state index is 11.2. The first kappa shape index (κ1) is 16.4. The SMILES string of the molecule is COCCCC(Nc1cc(C#N)ccc1[N+](=O)[O-])C(=O)O. The first-order chi connectivity index (χ1) is 9.99. The van der Waals surface area contributed by atoms with Crippen molar-refractivity contribution in [3.05, 3.63) is 33.9 Å². The Morgan fingerprint density at radius 2 is 2.33 bits per heavy atom. The minimum absolute atomic E-state index is 0.0175. The quantitative estimate of drug-likeness (QED) is 0.425. The van der Waals surface area contributed by atoms with Crippen LogP contribution in [0.4, 0.5) is 11.4 Å². The van der Waals surface area contributed by atoms with Crippen LogP contribution in [0.25, 0.3) is 0 Å². The van der Waals surface area contributed by atoms with E-state index in [0.29, 0.717) is 13.0 Å². The van der Waals surface area contributed by atoms with Crippen molar-refractivity contribution in [3.8, 4) is 6.07 Å². The van der Waals surface area contributed by atoms with Crippen LogP contribution < -0.4 is 5.32 Å². The number of benzene rings is 1. The van der Waals surface area contributed by atoms with Crippen LogP contribution in [-0.2, 0) is 9.53 Å². The molecule has 21 heavy (non-hydrogen) atoms. The monoisotopic (exact) mass is 293 g/mol. The lowest BCUT2D eigenvalue weighted by atomic mass is 10.1.